The quantitative estimate of drug-likeness (QED) is 0.847. The predicted octanol–water partition coefficient (Wildman–Crippen LogP) is 2.74. The fraction of sp³-hybridized carbons (Fsp3) is 1.00. The molecule has 2 aliphatic rings. The highest BCUT2D eigenvalue weighted by Gasteiger charge is 2.39. The highest BCUT2D eigenvalue weighted by molar-refractivity contribution is 7.99. The minimum Gasteiger partial charge on any atom is -0.375 e. The van der Waals surface area contributed by atoms with E-state index < -0.39 is 0 Å². The van der Waals surface area contributed by atoms with Gasteiger partial charge in [-0.25, -0.2) is 0 Å². The van der Waals surface area contributed by atoms with Gasteiger partial charge < -0.3 is 15.4 Å². The molecule has 2 unspecified atom stereocenters. The molecule has 4 heteroatoms. The van der Waals surface area contributed by atoms with Crippen molar-refractivity contribution in [1.82, 2.24) is 4.90 Å². The van der Waals surface area contributed by atoms with Crippen LogP contribution in [0.2, 0.25) is 0 Å². The van der Waals surface area contributed by atoms with Crippen molar-refractivity contribution < 1.29 is 4.74 Å². The van der Waals surface area contributed by atoms with Gasteiger partial charge in [0.2, 0.25) is 0 Å². The van der Waals surface area contributed by atoms with Gasteiger partial charge in [-0.3, -0.25) is 0 Å². The van der Waals surface area contributed by atoms with E-state index >= 15 is 0 Å². The van der Waals surface area contributed by atoms with Crippen LogP contribution in [0.25, 0.3) is 0 Å². The van der Waals surface area contributed by atoms with Gasteiger partial charge in [-0.05, 0) is 63.1 Å². The maximum atomic E-state index is 6.19. The molecule has 118 valence electrons. The molecular formula is C16H32N2OS. The zero-order valence-corrected chi connectivity index (χ0v) is 14.3. The summed E-state index contributed by atoms with van der Waals surface area (Å²) in [6, 6.07) is 1.02. The molecule has 2 saturated heterocycles. The SMILES string of the molecule is CC(C)C(N)CCN(C)C1CCOC2(CCSCC2)C1. The van der Waals surface area contributed by atoms with E-state index in [1.165, 1.54) is 37.2 Å². The van der Waals surface area contributed by atoms with Crippen molar-refractivity contribution in [1.29, 1.82) is 0 Å². The van der Waals surface area contributed by atoms with Gasteiger partial charge in [0.25, 0.3) is 0 Å². The Kier molecular flexibility index (Phi) is 6.21. The Morgan fingerprint density at radius 3 is 2.70 bits per heavy atom. The fourth-order valence-corrected chi connectivity index (χ4v) is 4.58. The van der Waals surface area contributed by atoms with Gasteiger partial charge in [-0.2, -0.15) is 11.8 Å². The summed E-state index contributed by atoms with van der Waals surface area (Å²) in [4.78, 5) is 2.54. The van der Waals surface area contributed by atoms with Crippen molar-refractivity contribution in [3.63, 3.8) is 0 Å². The summed E-state index contributed by atoms with van der Waals surface area (Å²) < 4.78 is 6.19. The largest absolute Gasteiger partial charge is 0.375 e. The summed E-state index contributed by atoms with van der Waals surface area (Å²) in [5.41, 5.74) is 6.37. The Bertz CT molecular complexity index is 287. The Morgan fingerprint density at radius 1 is 1.35 bits per heavy atom. The third-order valence-corrected chi connectivity index (χ3v) is 6.15. The number of hydrogen-bond acceptors (Lipinski definition) is 4. The Balaban J connectivity index is 1.82. The van der Waals surface area contributed by atoms with Gasteiger partial charge in [-0.15, -0.1) is 0 Å². The molecule has 2 aliphatic heterocycles. The van der Waals surface area contributed by atoms with Gasteiger partial charge >= 0.3 is 0 Å². The van der Waals surface area contributed by atoms with E-state index in [0.29, 0.717) is 18.0 Å². The highest BCUT2D eigenvalue weighted by atomic mass is 32.2. The Hall–Kier alpha value is 0.230. The first kappa shape index (κ1) is 16.6. The lowest BCUT2D eigenvalue weighted by atomic mass is 9.85. The number of thioether (sulfide) groups is 1. The number of nitrogens with two attached hydrogens (primary N) is 1. The topological polar surface area (TPSA) is 38.5 Å². The third kappa shape index (κ3) is 4.36. The third-order valence-electron chi connectivity index (χ3n) is 5.17. The van der Waals surface area contributed by atoms with Crippen molar-refractivity contribution in [3.05, 3.63) is 0 Å². The molecule has 2 fully saturated rings. The van der Waals surface area contributed by atoms with E-state index in [-0.39, 0.29) is 5.60 Å². The first-order chi connectivity index (χ1) is 9.52. The van der Waals surface area contributed by atoms with Crippen molar-refractivity contribution >= 4 is 11.8 Å². The fourth-order valence-electron chi connectivity index (χ4n) is 3.34. The molecule has 1 spiro atoms. The zero-order valence-electron chi connectivity index (χ0n) is 13.4. The molecule has 0 amide bonds. The number of nitrogens with zero attached hydrogens (tertiary/aromatic N) is 1. The monoisotopic (exact) mass is 300 g/mol. The van der Waals surface area contributed by atoms with Crippen LogP contribution in [-0.2, 0) is 4.74 Å². The molecule has 0 aromatic rings. The molecule has 0 aromatic heterocycles. The molecule has 20 heavy (non-hydrogen) atoms. The second-order valence-electron chi connectivity index (χ2n) is 6.97. The van der Waals surface area contributed by atoms with E-state index in [9.17, 15) is 0 Å². The average molecular weight is 301 g/mol. The zero-order chi connectivity index (χ0) is 14.6. The minimum absolute atomic E-state index is 0.197. The van der Waals surface area contributed by atoms with Gasteiger partial charge in [0.05, 0.1) is 5.60 Å². The molecule has 2 atom stereocenters. The van der Waals surface area contributed by atoms with Crippen molar-refractivity contribution in [2.24, 2.45) is 11.7 Å². The molecule has 3 nitrogen and oxygen atoms in total. The molecule has 2 rings (SSSR count). The average Bonchev–Trinajstić information content (AvgIpc) is 2.45. The van der Waals surface area contributed by atoms with Crippen LogP contribution in [0.4, 0.5) is 0 Å². The molecule has 0 bridgehead atoms. The number of ether oxygens (including phenoxy) is 1. The first-order valence-electron chi connectivity index (χ1n) is 8.20. The van der Waals surface area contributed by atoms with Crippen LogP contribution < -0.4 is 5.73 Å². The smallest absolute Gasteiger partial charge is 0.0713 e. The van der Waals surface area contributed by atoms with Crippen LogP contribution in [0.5, 0.6) is 0 Å². The van der Waals surface area contributed by atoms with E-state index in [4.69, 9.17) is 10.5 Å². The van der Waals surface area contributed by atoms with Gasteiger partial charge in [0, 0.05) is 18.7 Å². The summed E-state index contributed by atoms with van der Waals surface area (Å²) in [5, 5.41) is 0. The highest BCUT2D eigenvalue weighted by Crippen LogP contribution is 2.38. The van der Waals surface area contributed by atoms with Crippen LogP contribution in [-0.4, -0.2) is 54.3 Å². The van der Waals surface area contributed by atoms with Crippen LogP contribution in [0.3, 0.4) is 0 Å². The summed E-state index contributed by atoms with van der Waals surface area (Å²) >= 11 is 2.08. The van der Waals surface area contributed by atoms with Gasteiger partial charge in [0.15, 0.2) is 0 Å². The Labute approximate surface area is 129 Å². The normalized spacial score (nSPS) is 28.2. The second kappa shape index (κ2) is 7.48. The molecule has 0 aliphatic carbocycles. The van der Waals surface area contributed by atoms with Crippen LogP contribution in [0.1, 0.15) is 46.0 Å². The van der Waals surface area contributed by atoms with Crippen molar-refractivity contribution in [3.8, 4) is 0 Å². The minimum atomic E-state index is 0.197. The van der Waals surface area contributed by atoms with E-state index in [1.54, 1.807) is 0 Å². The summed E-state index contributed by atoms with van der Waals surface area (Å²) in [6.45, 7) is 6.49. The van der Waals surface area contributed by atoms with Crippen LogP contribution in [0.15, 0.2) is 0 Å². The van der Waals surface area contributed by atoms with E-state index in [1.807, 2.05) is 0 Å². The van der Waals surface area contributed by atoms with Crippen LogP contribution >= 0.6 is 11.8 Å². The molecule has 0 saturated carbocycles. The summed E-state index contributed by atoms with van der Waals surface area (Å²) in [5.74, 6) is 3.13. The standard InChI is InChI=1S/C16H32N2OS/c1-13(2)15(17)4-8-18(3)14-5-9-19-16(12-14)6-10-20-11-7-16/h13-15H,4-12,17H2,1-3H3. The van der Waals surface area contributed by atoms with Crippen molar-refractivity contribution in [2.75, 3.05) is 31.7 Å². The first-order valence-corrected chi connectivity index (χ1v) is 9.35. The lowest BCUT2D eigenvalue weighted by Crippen LogP contribution is -2.50. The summed E-state index contributed by atoms with van der Waals surface area (Å²) in [6.07, 6.45) is 6.00. The molecule has 2 heterocycles. The number of hydrogen-bond donors (Lipinski definition) is 1. The maximum absolute atomic E-state index is 6.19. The van der Waals surface area contributed by atoms with Gasteiger partial charge in [0.1, 0.15) is 0 Å². The van der Waals surface area contributed by atoms with Crippen LogP contribution in [0, 0.1) is 5.92 Å². The maximum Gasteiger partial charge on any atom is 0.0713 e. The summed E-state index contributed by atoms with van der Waals surface area (Å²) in [7, 11) is 2.27. The molecular weight excluding hydrogens is 268 g/mol. The van der Waals surface area contributed by atoms with E-state index in [2.05, 4.69) is 37.6 Å². The Morgan fingerprint density at radius 2 is 2.05 bits per heavy atom. The predicted molar refractivity (Wildman–Crippen MR) is 88.3 cm³/mol. The lowest BCUT2D eigenvalue weighted by molar-refractivity contribution is -0.108. The van der Waals surface area contributed by atoms with Crippen molar-refractivity contribution in [2.45, 2.75) is 63.6 Å². The van der Waals surface area contributed by atoms with E-state index in [0.717, 1.165) is 19.6 Å². The molecule has 2 N–H and O–H groups in total. The second-order valence-corrected chi connectivity index (χ2v) is 8.19. The number of rotatable bonds is 5. The molecule has 0 radical (unpaired) electrons. The van der Waals surface area contributed by atoms with Gasteiger partial charge in [-0.1, -0.05) is 13.8 Å². The lowest BCUT2D eigenvalue weighted by Gasteiger charge is -2.45. The molecule has 0 aromatic carbocycles.